The smallest absolute Gasteiger partial charge is 0.240 e. The van der Waals surface area contributed by atoms with E-state index in [2.05, 4.69) is 10.0 Å². The topological polar surface area (TPSA) is 78.5 Å². The zero-order valence-corrected chi connectivity index (χ0v) is 17.5. The molecule has 2 aromatic carbocycles. The highest BCUT2D eigenvalue weighted by Gasteiger charge is 2.24. The van der Waals surface area contributed by atoms with Crippen molar-refractivity contribution in [3.63, 3.8) is 0 Å². The van der Waals surface area contributed by atoms with Gasteiger partial charge < -0.3 is 5.32 Å². The van der Waals surface area contributed by atoms with E-state index in [1.165, 1.54) is 6.07 Å². The molecule has 0 radical (unpaired) electrons. The Morgan fingerprint density at radius 2 is 1.90 bits per heavy atom. The van der Waals surface area contributed by atoms with E-state index in [1.54, 1.807) is 24.3 Å². The van der Waals surface area contributed by atoms with E-state index in [1.807, 2.05) is 11.8 Å². The van der Waals surface area contributed by atoms with Gasteiger partial charge in [-0.25, -0.2) is 21.9 Å². The number of rotatable bonds is 7. The highest BCUT2D eigenvalue weighted by Crippen LogP contribution is 2.18. The highest BCUT2D eigenvalue weighted by atomic mass is 32.2. The first-order valence-corrected chi connectivity index (χ1v) is 11.2. The van der Waals surface area contributed by atoms with Crippen molar-refractivity contribution in [2.75, 3.05) is 31.5 Å². The number of nitrogens with zero attached hydrogens (tertiary/aromatic N) is 1. The molecule has 1 aliphatic heterocycles. The summed E-state index contributed by atoms with van der Waals surface area (Å²) in [6, 6.07) is 9.62. The average molecular weight is 438 g/mol. The summed E-state index contributed by atoms with van der Waals surface area (Å²) in [7, 11) is -3.59. The van der Waals surface area contributed by atoms with E-state index in [0.717, 1.165) is 24.5 Å². The summed E-state index contributed by atoms with van der Waals surface area (Å²) >= 11 is 0. The van der Waals surface area contributed by atoms with Gasteiger partial charge >= 0.3 is 0 Å². The number of likely N-dealkylation sites (tertiary alicyclic amines) is 1. The molecule has 30 heavy (non-hydrogen) atoms. The minimum Gasteiger partial charge on any atom is -0.322 e. The number of benzene rings is 2. The summed E-state index contributed by atoms with van der Waals surface area (Å²) < 4.78 is 54.2. The molecule has 1 fully saturated rings. The lowest BCUT2D eigenvalue weighted by atomic mass is 9.98. The van der Waals surface area contributed by atoms with E-state index >= 15 is 0 Å². The van der Waals surface area contributed by atoms with Crippen LogP contribution in [0.2, 0.25) is 0 Å². The van der Waals surface area contributed by atoms with Gasteiger partial charge in [0.25, 0.3) is 0 Å². The van der Waals surface area contributed by atoms with Crippen LogP contribution in [0.1, 0.15) is 18.4 Å². The van der Waals surface area contributed by atoms with Crippen LogP contribution in [-0.2, 0) is 14.8 Å². The van der Waals surface area contributed by atoms with Crippen LogP contribution in [0.15, 0.2) is 47.4 Å². The number of anilines is 1. The number of carbonyl (C=O) groups is 1. The predicted octanol–water partition coefficient (Wildman–Crippen LogP) is 2.90. The number of piperidine rings is 1. The Balaban J connectivity index is 1.51. The van der Waals surface area contributed by atoms with E-state index in [0.29, 0.717) is 19.2 Å². The third-order valence-electron chi connectivity index (χ3n) is 5.07. The molecule has 1 atom stereocenters. The molecule has 0 saturated carbocycles. The fourth-order valence-corrected chi connectivity index (χ4v) is 4.59. The molecule has 9 heteroatoms. The number of carbonyl (C=O) groups excluding carboxylic acids is 1. The summed E-state index contributed by atoms with van der Waals surface area (Å²) in [5.74, 6) is -1.88. The number of hydrogen-bond donors (Lipinski definition) is 2. The molecule has 1 unspecified atom stereocenters. The van der Waals surface area contributed by atoms with Crippen molar-refractivity contribution in [2.24, 2.45) is 5.92 Å². The second-order valence-electron chi connectivity index (χ2n) is 7.58. The first-order valence-electron chi connectivity index (χ1n) is 9.76. The van der Waals surface area contributed by atoms with E-state index in [-0.39, 0.29) is 29.6 Å². The molecule has 1 amide bonds. The molecule has 0 aliphatic carbocycles. The van der Waals surface area contributed by atoms with E-state index in [9.17, 15) is 22.0 Å². The average Bonchev–Trinajstić information content (AvgIpc) is 2.69. The molecule has 2 aromatic rings. The number of aryl methyl sites for hydroxylation is 1. The molecule has 1 aliphatic rings. The SMILES string of the molecule is Cc1ccc(S(=O)(=O)NCC2CCCN(CC(=O)Nc3ccc(F)cc3F)C2)cc1. The van der Waals surface area contributed by atoms with Gasteiger partial charge in [-0.1, -0.05) is 17.7 Å². The lowest BCUT2D eigenvalue weighted by Crippen LogP contribution is -2.43. The van der Waals surface area contributed by atoms with Crippen molar-refractivity contribution in [3.05, 3.63) is 59.7 Å². The summed E-state index contributed by atoms with van der Waals surface area (Å²) in [5.41, 5.74) is 0.913. The molecule has 3 rings (SSSR count). The predicted molar refractivity (Wildman–Crippen MR) is 111 cm³/mol. The van der Waals surface area contributed by atoms with Crippen LogP contribution in [-0.4, -0.2) is 45.4 Å². The Labute approximate surface area is 175 Å². The quantitative estimate of drug-likeness (QED) is 0.698. The molecule has 1 heterocycles. The molecule has 2 N–H and O–H groups in total. The molecular weight excluding hydrogens is 412 g/mol. The second kappa shape index (κ2) is 9.63. The van der Waals surface area contributed by atoms with Crippen molar-refractivity contribution in [1.82, 2.24) is 9.62 Å². The van der Waals surface area contributed by atoms with Crippen molar-refractivity contribution in [2.45, 2.75) is 24.7 Å². The van der Waals surface area contributed by atoms with Gasteiger partial charge in [-0.15, -0.1) is 0 Å². The zero-order valence-electron chi connectivity index (χ0n) is 16.7. The van der Waals surface area contributed by atoms with Gasteiger partial charge in [0.1, 0.15) is 11.6 Å². The Kier molecular flexibility index (Phi) is 7.17. The van der Waals surface area contributed by atoms with Gasteiger partial charge in [0.15, 0.2) is 0 Å². The number of nitrogens with one attached hydrogen (secondary N) is 2. The molecular formula is C21H25F2N3O3S. The molecule has 6 nitrogen and oxygen atoms in total. The lowest BCUT2D eigenvalue weighted by Gasteiger charge is -2.32. The Bertz CT molecular complexity index is 997. The number of amides is 1. The minimum absolute atomic E-state index is 0.0536. The van der Waals surface area contributed by atoms with Crippen molar-refractivity contribution in [1.29, 1.82) is 0 Å². The maximum atomic E-state index is 13.7. The monoisotopic (exact) mass is 437 g/mol. The normalized spacial score (nSPS) is 17.6. The van der Waals surface area contributed by atoms with Gasteiger partial charge in [0, 0.05) is 19.2 Å². The fraction of sp³-hybridized carbons (Fsp3) is 0.381. The maximum Gasteiger partial charge on any atom is 0.240 e. The minimum atomic E-state index is -3.59. The van der Waals surface area contributed by atoms with Gasteiger partial charge in [-0.05, 0) is 56.5 Å². The van der Waals surface area contributed by atoms with Crippen LogP contribution < -0.4 is 10.0 Å². The fourth-order valence-electron chi connectivity index (χ4n) is 3.47. The van der Waals surface area contributed by atoms with E-state index < -0.39 is 27.6 Å². The Morgan fingerprint density at radius 1 is 1.17 bits per heavy atom. The van der Waals surface area contributed by atoms with E-state index in [4.69, 9.17) is 0 Å². The summed E-state index contributed by atoms with van der Waals surface area (Å²) in [5, 5.41) is 2.45. The molecule has 0 bridgehead atoms. The van der Waals surface area contributed by atoms with Crippen LogP contribution in [0.5, 0.6) is 0 Å². The zero-order chi connectivity index (χ0) is 21.7. The van der Waals surface area contributed by atoms with Crippen molar-refractivity contribution < 1.29 is 22.0 Å². The van der Waals surface area contributed by atoms with Crippen LogP contribution in [0, 0.1) is 24.5 Å². The molecule has 0 aromatic heterocycles. The number of halogens is 2. The van der Waals surface area contributed by atoms with Crippen LogP contribution >= 0.6 is 0 Å². The third-order valence-corrected chi connectivity index (χ3v) is 6.51. The van der Waals surface area contributed by atoms with Crippen LogP contribution in [0.25, 0.3) is 0 Å². The third kappa shape index (κ3) is 6.07. The highest BCUT2D eigenvalue weighted by molar-refractivity contribution is 7.89. The van der Waals surface area contributed by atoms with Crippen molar-refractivity contribution in [3.8, 4) is 0 Å². The molecule has 162 valence electrons. The second-order valence-corrected chi connectivity index (χ2v) is 9.35. The van der Waals surface area contributed by atoms with Crippen LogP contribution in [0.3, 0.4) is 0 Å². The van der Waals surface area contributed by atoms with Crippen molar-refractivity contribution >= 4 is 21.6 Å². The summed E-state index contributed by atoms with van der Waals surface area (Å²) in [6.07, 6.45) is 1.68. The molecule has 0 spiro atoms. The first kappa shape index (κ1) is 22.3. The Hall–Kier alpha value is -2.36. The summed E-state index contributed by atoms with van der Waals surface area (Å²) in [6.45, 7) is 3.47. The van der Waals surface area contributed by atoms with Gasteiger partial charge in [-0.2, -0.15) is 0 Å². The van der Waals surface area contributed by atoms with Gasteiger partial charge in [0.2, 0.25) is 15.9 Å². The number of sulfonamides is 1. The standard InChI is InChI=1S/C21H25F2N3O3S/c1-15-4-7-18(8-5-15)30(28,29)24-12-16-3-2-10-26(13-16)14-21(27)25-20-9-6-17(22)11-19(20)23/h4-9,11,16,24H,2-3,10,12-14H2,1H3,(H,25,27). The van der Waals surface area contributed by atoms with Gasteiger partial charge in [0.05, 0.1) is 17.1 Å². The lowest BCUT2D eigenvalue weighted by molar-refractivity contribution is -0.117. The van der Waals surface area contributed by atoms with Crippen LogP contribution in [0.4, 0.5) is 14.5 Å². The maximum absolute atomic E-state index is 13.7. The van der Waals surface area contributed by atoms with Gasteiger partial charge in [-0.3, -0.25) is 9.69 Å². The Morgan fingerprint density at radius 3 is 2.60 bits per heavy atom. The largest absolute Gasteiger partial charge is 0.322 e. The summed E-state index contributed by atoms with van der Waals surface area (Å²) in [4.78, 5) is 14.4. The first-order chi connectivity index (χ1) is 14.2. The molecule has 1 saturated heterocycles. The number of hydrogen-bond acceptors (Lipinski definition) is 4.